The molecule has 2 aromatic carbocycles. The Labute approximate surface area is 259 Å². The minimum atomic E-state index is 0. The molecule has 0 atom stereocenters. The fourth-order valence-electron chi connectivity index (χ4n) is 6.95. The molecule has 0 bridgehead atoms. The number of halogens is 1. The van der Waals surface area contributed by atoms with Crippen molar-refractivity contribution in [2.45, 2.75) is 71.9 Å². The van der Waals surface area contributed by atoms with Crippen LogP contribution in [0.25, 0.3) is 11.2 Å². The van der Waals surface area contributed by atoms with Gasteiger partial charge in [-0.1, -0.05) is 36.4 Å². The zero-order chi connectivity index (χ0) is 28.8. The molecule has 7 rings (SSSR count). The number of hydrogen-bond acceptors (Lipinski definition) is 7. The Hall–Kier alpha value is -3.82. The van der Waals surface area contributed by atoms with Gasteiger partial charge in [0, 0.05) is 43.0 Å². The molecule has 0 aliphatic carbocycles. The van der Waals surface area contributed by atoms with Crippen LogP contribution >= 0.6 is 12.4 Å². The Bertz CT molecular complexity index is 1740. The summed E-state index contributed by atoms with van der Waals surface area (Å²) in [5.74, 6) is 2.36. The molecule has 43 heavy (non-hydrogen) atoms. The van der Waals surface area contributed by atoms with Crippen LogP contribution in [0.3, 0.4) is 0 Å². The maximum absolute atomic E-state index is 4.95. The highest BCUT2D eigenvalue weighted by Gasteiger charge is 2.24. The average molecular weight is 598 g/mol. The Morgan fingerprint density at radius 2 is 1.56 bits per heavy atom. The van der Waals surface area contributed by atoms with E-state index in [0.29, 0.717) is 5.92 Å². The molecule has 0 radical (unpaired) electrons. The summed E-state index contributed by atoms with van der Waals surface area (Å²) >= 11 is 0. The third-order valence-electron chi connectivity index (χ3n) is 9.15. The number of rotatable bonds is 6. The van der Waals surface area contributed by atoms with Gasteiger partial charge in [-0.3, -0.25) is 4.90 Å². The van der Waals surface area contributed by atoms with E-state index in [1.807, 2.05) is 0 Å². The van der Waals surface area contributed by atoms with E-state index in [1.54, 1.807) is 0 Å². The normalized spacial score (nSPS) is 15.7. The molecule has 0 saturated carbocycles. The molecule has 9 nitrogen and oxygen atoms in total. The third-order valence-corrected chi connectivity index (χ3v) is 9.15. The summed E-state index contributed by atoms with van der Waals surface area (Å²) in [6.07, 6.45) is 5.11. The van der Waals surface area contributed by atoms with Gasteiger partial charge in [0.25, 0.3) is 0 Å². The molecule has 2 aliphatic rings. The summed E-state index contributed by atoms with van der Waals surface area (Å²) in [4.78, 5) is 14.8. The molecule has 10 heteroatoms. The number of fused-ring (bicyclic) bond motifs is 3. The quantitative estimate of drug-likeness (QED) is 0.263. The molecule has 224 valence electrons. The zero-order valence-corrected chi connectivity index (χ0v) is 26.3. The number of hydrogen-bond donors (Lipinski definition) is 1. The van der Waals surface area contributed by atoms with E-state index in [1.165, 1.54) is 39.2 Å². The largest absolute Gasteiger partial charge is 0.344 e. The molecule has 0 spiro atoms. The minimum Gasteiger partial charge on any atom is -0.344 e. The van der Waals surface area contributed by atoms with Gasteiger partial charge in [-0.25, -0.2) is 9.97 Å². The number of likely N-dealkylation sites (tertiary alicyclic amines) is 1. The van der Waals surface area contributed by atoms with Crippen molar-refractivity contribution >= 4 is 34.9 Å². The summed E-state index contributed by atoms with van der Waals surface area (Å²) in [7, 11) is 2.21. The van der Waals surface area contributed by atoms with Crippen molar-refractivity contribution in [3.63, 3.8) is 0 Å². The van der Waals surface area contributed by atoms with Gasteiger partial charge in [0.1, 0.15) is 11.3 Å². The highest BCUT2D eigenvalue weighted by molar-refractivity contribution is 5.85. The molecule has 1 saturated heterocycles. The van der Waals surface area contributed by atoms with E-state index in [2.05, 4.69) is 105 Å². The zero-order valence-electron chi connectivity index (χ0n) is 25.5. The van der Waals surface area contributed by atoms with Gasteiger partial charge in [0.05, 0.1) is 6.54 Å². The van der Waals surface area contributed by atoms with Crippen LogP contribution in [0.5, 0.6) is 0 Å². The maximum Gasteiger partial charge on any atom is 0.177 e. The van der Waals surface area contributed by atoms with E-state index in [4.69, 9.17) is 9.97 Å². The van der Waals surface area contributed by atoms with E-state index < -0.39 is 0 Å². The number of piperidine rings is 1. The molecule has 3 aromatic heterocycles. The number of nitrogens with one attached hydrogen (secondary N) is 1. The standard InChI is InChI=1S/C33H39N9.ClH/c1-5-30-35-31-21(2)16-22(3)34-33(31)42(30)20-24-7-11-29-27(18-24)9-8-26-17-23(6-10-28(26)40(29)4)19-41-14-12-25(13-15-41)32-36-38-39-37-32;/h6-7,10-11,16-18,25H,5,8-9,12-15,19-20H2,1-4H3,(H,36,37,38,39);1H. The first-order valence-corrected chi connectivity index (χ1v) is 15.2. The van der Waals surface area contributed by atoms with E-state index in [9.17, 15) is 0 Å². The lowest BCUT2D eigenvalue weighted by Crippen LogP contribution is -2.32. The molecule has 0 unspecified atom stereocenters. The number of aromatic amines is 1. The van der Waals surface area contributed by atoms with Gasteiger partial charge >= 0.3 is 0 Å². The van der Waals surface area contributed by atoms with Crippen molar-refractivity contribution in [2.24, 2.45) is 0 Å². The Morgan fingerprint density at radius 1 is 0.884 bits per heavy atom. The molecule has 5 heterocycles. The van der Waals surface area contributed by atoms with Crippen molar-refractivity contribution in [1.82, 2.24) is 40.1 Å². The molecule has 1 N–H and O–H groups in total. The highest BCUT2D eigenvalue weighted by atomic mass is 35.5. The van der Waals surface area contributed by atoms with Gasteiger partial charge in [-0.15, -0.1) is 22.6 Å². The fourth-order valence-corrected chi connectivity index (χ4v) is 6.95. The second-order valence-corrected chi connectivity index (χ2v) is 12.0. The Morgan fingerprint density at radius 3 is 2.19 bits per heavy atom. The SMILES string of the molecule is CCc1nc2c(C)cc(C)nc2n1Cc1ccc2c(c1)CCc1cc(CN3CCC(c4nn[nH]n4)CC3)ccc1N2C.Cl. The fraction of sp³-hybridized carbons (Fsp3) is 0.424. The number of pyridine rings is 1. The molecular weight excluding hydrogens is 558 g/mol. The predicted molar refractivity (Wildman–Crippen MR) is 173 cm³/mol. The van der Waals surface area contributed by atoms with Gasteiger partial charge in [-0.05, 0) is 98.6 Å². The topological polar surface area (TPSA) is 91.7 Å². The first-order chi connectivity index (χ1) is 20.5. The molecule has 2 aliphatic heterocycles. The van der Waals surface area contributed by atoms with Crippen LogP contribution in [0, 0.1) is 13.8 Å². The van der Waals surface area contributed by atoms with Crippen LogP contribution in [-0.4, -0.2) is 60.2 Å². The first kappa shape index (κ1) is 29.3. The number of imidazole rings is 1. The van der Waals surface area contributed by atoms with E-state index in [0.717, 1.165) is 86.8 Å². The van der Waals surface area contributed by atoms with Crippen LogP contribution in [0.15, 0.2) is 42.5 Å². The Kier molecular flexibility index (Phi) is 8.20. The number of aryl methyl sites for hydroxylation is 5. The lowest BCUT2D eigenvalue weighted by molar-refractivity contribution is 0.201. The van der Waals surface area contributed by atoms with Crippen molar-refractivity contribution < 1.29 is 0 Å². The predicted octanol–water partition coefficient (Wildman–Crippen LogP) is 5.84. The second-order valence-electron chi connectivity index (χ2n) is 12.0. The molecule has 5 aromatic rings. The highest BCUT2D eigenvalue weighted by Crippen LogP contribution is 2.36. The van der Waals surface area contributed by atoms with E-state index in [-0.39, 0.29) is 12.4 Å². The average Bonchev–Trinajstić information content (AvgIpc) is 3.62. The molecule has 0 amide bonds. The first-order valence-electron chi connectivity index (χ1n) is 15.2. The summed E-state index contributed by atoms with van der Waals surface area (Å²) in [6, 6.07) is 16.2. The van der Waals surface area contributed by atoms with Gasteiger partial charge < -0.3 is 9.47 Å². The van der Waals surface area contributed by atoms with Crippen molar-refractivity contribution in [3.8, 4) is 0 Å². The van der Waals surface area contributed by atoms with Crippen LogP contribution in [0.1, 0.15) is 70.8 Å². The Balaban J connectivity index is 0.00000329. The van der Waals surface area contributed by atoms with Crippen molar-refractivity contribution in [3.05, 3.63) is 87.6 Å². The number of H-pyrrole nitrogens is 1. The third kappa shape index (κ3) is 5.63. The van der Waals surface area contributed by atoms with Crippen molar-refractivity contribution in [1.29, 1.82) is 0 Å². The van der Waals surface area contributed by atoms with Gasteiger partial charge in [-0.2, -0.15) is 5.21 Å². The minimum absolute atomic E-state index is 0. The lowest BCUT2D eigenvalue weighted by atomic mass is 9.95. The second kappa shape index (κ2) is 12.1. The number of nitrogens with zero attached hydrogens (tertiary/aromatic N) is 8. The smallest absolute Gasteiger partial charge is 0.177 e. The van der Waals surface area contributed by atoms with Crippen LogP contribution in [0.2, 0.25) is 0 Å². The van der Waals surface area contributed by atoms with Crippen LogP contribution in [0.4, 0.5) is 11.4 Å². The summed E-state index contributed by atoms with van der Waals surface area (Å²) in [6.45, 7) is 10.3. The molecule has 1 fully saturated rings. The van der Waals surface area contributed by atoms with Gasteiger partial charge in [0.2, 0.25) is 0 Å². The number of aromatic nitrogens is 7. The van der Waals surface area contributed by atoms with Crippen molar-refractivity contribution in [2.75, 3.05) is 25.0 Å². The van der Waals surface area contributed by atoms with Crippen LogP contribution in [-0.2, 0) is 32.4 Å². The lowest BCUT2D eigenvalue weighted by Gasteiger charge is -2.31. The number of anilines is 2. The summed E-state index contributed by atoms with van der Waals surface area (Å²) in [5, 5.41) is 14.7. The van der Waals surface area contributed by atoms with Gasteiger partial charge in [0.15, 0.2) is 11.5 Å². The van der Waals surface area contributed by atoms with Crippen LogP contribution < -0.4 is 4.90 Å². The summed E-state index contributed by atoms with van der Waals surface area (Å²) < 4.78 is 2.31. The maximum atomic E-state index is 4.95. The van der Waals surface area contributed by atoms with E-state index >= 15 is 0 Å². The monoisotopic (exact) mass is 597 g/mol. The number of benzene rings is 2. The number of tetrazole rings is 1. The summed E-state index contributed by atoms with van der Waals surface area (Å²) in [5.41, 5.74) is 12.4. The molecular formula is C33H40ClN9.